The Balaban J connectivity index is 1.96. The highest BCUT2D eigenvalue weighted by atomic mass is 19.1. The maximum Gasteiger partial charge on any atom is 0.200 e. The molecule has 0 unspecified atom stereocenters. The summed E-state index contributed by atoms with van der Waals surface area (Å²) in [6.45, 7) is 1.91. The molecule has 0 bridgehead atoms. The summed E-state index contributed by atoms with van der Waals surface area (Å²) < 4.78 is 18.0. The third-order valence-corrected chi connectivity index (χ3v) is 2.56. The van der Waals surface area contributed by atoms with Crippen molar-refractivity contribution < 1.29 is 13.9 Å². The van der Waals surface area contributed by atoms with Crippen LogP contribution >= 0.6 is 0 Å². The molecule has 2 rings (SSSR count). The van der Waals surface area contributed by atoms with Gasteiger partial charge in [0.2, 0.25) is 0 Å². The van der Waals surface area contributed by atoms with Crippen LogP contribution in [0.4, 0.5) is 4.39 Å². The first-order valence-corrected chi connectivity index (χ1v) is 5.63. The zero-order valence-electron chi connectivity index (χ0n) is 10.0. The summed E-state index contributed by atoms with van der Waals surface area (Å²) in [6.07, 6.45) is 0. The van der Waals surface area contributed by atoms with E-state index in [1.807, 2.05) is 19.1 Å². The number of carbonyl (C=O) groups excluding carboxylic acids is 1. The van der Waals surface area contributed by atoms with E-state index in [1.165, 1.54) is 24.3 Å². The molecule has 0 aliphatic heterocycles. The first-order chi connectivity index (χ1) is 8.65. The number of ether oxygens (including phenoxy) is 1. The van der Waals surface area contributed by atoms with Gasteiger partial charge in [-0.05, 0) is 31.2 Å². The minimum atomic E-state index is -0.327. The Bertz CT molecular complexity index is 529. The molecule has 3 heteroatoms. The molecular formula is C15H13FO2. The number of rotatable bonds is 4. The van der Waals surface area contributed by atoms with E-state index in [9.17, 15) is 9.18 Å². The molecule has 92 valence electrons. The molecule has 0 radical (unpaired) electrons. The van der Waals surface area contributed by atoms with Crippen molar-refractivity contribution in [3.63, 3.8) is 0 Å². The van der Waals surface area contributed by atoms with Crippen LogP contribution in [0.15, 0.2) is 48.5 Å². The highest BCUT2D eigenvalue weighted by Crippen LogP contribution is 2.12. The van der Waals surface area contributed by atoms with E-state index in [0.717, 1.165) is 5.56 Å². The smallest absolute Gasteiger partial charge is 0.200 e. The van der Waals surface area contributed by atoms with Gasteiger partial charge in [0.1, 0.15) is 11.6 Å². The highest BCUT2D eigenvalue weighted by Gasteiger charge is 2.06. The Hall–Kier alpha value is -2.16. The van der Waals surface area contributed by atoms with Gasteiger partial charge in [-0.1, -0.05) is 29.8 Å². The number of aryl methyl sites for hydroxylation is 1. The standard InChI is InChI=1S/C15H13FO2/c1-11-2-4-12(5-3-11)15(17)10-18-14-8-6-13(16)7-9-14/h2-9H,10H2,1H3. The summed E-state index contributed by atoms with van der Waals surface area (Å²) in [4.78, 5) is 11.8. The van der Waals surface area contributed by atoms with Crippen LogP contribution in [0.5, 0.6) is 5.75 Å². The summed E-state index contributed by atoms with van der Waals surface area (Å²) >= 11 is 0. The predicted octanol–water partition coefficient (Wildman–Crippen LogP) is 3.40. The number of hydrogen-bond donors (Lipinski definition) is 0. The monoisotopic (exact) mass is 244 g/mol. The van der Waals surface area contributed by atoms with Crippen LogP contribution in [0.1, 0.15) is 15.9 Å². The van der Waals surface area contributed by atoms with Gasteiger partial charge in [0.25, 0.3) is 0 Å². The van der Waals surface area contributed by atoms with Crippen LogP contribution in [0, 0.1) is 12.7 Å². The van der Waals surface area contributed by atoms with E-state index in [4.69, 9.17) is 4.74 Å². The lowest BCUT2D eigenvalue weighted by Crippen LogP contribution is -2.11. The molecule has 0 amide bonds. The van der Waals surface area contributed by atoms with Crippen molar-refractivity contribution in [1.82, 2.24) is 0 Å². The fourth-order valence-corrected chi connectivity index (χ4v) is 1.50. The molecule has 0 atom stereocenters. The molecule has 0 aliphatic carbocycles. The summed E-state index contributed by atoms with van der Waals surface area (Å²) in [5.74, 6) is 0.0587. The Morgan fingerprint density at radius 2 is 1.67 bits per heavy atom. The summed E-state index contributed by atoms with van der Waals surface area (Å²) in [5.41, 5.74) is 1.72. The number of carbonyl (C=O) groups is 1. The van der Waals surface area contributed by atoms with Gasteiger partial charge in [-0.3, -0.25) is 4.79 Å². The fourth-order valence-electron chi connectivity index (χ4n) is 1.50. The lowest BCUT2D eigenvalue weighted by atomic mass is 10.1. The molecular weight excluding hydrogens is 231 g/mol. The van der Waals surface area contributed by atoms with Crippen molar-refractivity contribution in [1.29, 1.82) is 0 Å². The maximum atomic E-state index is 12.7. The van der Waals surface area contributed by atoms with Crippen LogP contribution in [0.2, 0.25) is 0 Å². The average molecular weight is 244 g/mol. The summed E-state index contributed by atoms with van der Waals surface area (Å²) in [7, 11) is 0. The lowest BCUT2D eigenvalue weighted by Gasteiger charge is -2.05. The first-order valence-electron chi connectivity index (χ1n) is 5.63. The molecule has 0 aromatic heterocycles. The van der Waals surface area contributed by atoms with Crippen LogP contribution in [0.25, 0.3) is 0 Å². The van der Waals surface area contributed by atoms with Crippen molar-refractivity contribution in [3.05, 3.63) is 65.5 Å². The Labute approximate surface area is 105 Å². The molecule has 0 saturated heterocycles. The van der Waals surface area contributed by atoms with E-state index in [1.54, 1.807) is 12.1 Å². The van der Waals surface area contributed by atoms with Crippen molar-refractivity contribution in [2.24, 2.45) is 0 Å². The van der Waals surface area contributed by atoms with Gasteiger partial charge in [-0.15, -0.1) is 0 Å². The van der Waals surface area contributed by atoms with E-state index in [-0.39, 0.29) is 18.2 Å². The zero-order chi connectivity index (χ0) is 13.0. The second-order valence-corrected chi connectivity index (χ2v) is 4.03. The second kappa shape index (κ2) is 5.45. The molecule has 18 heavy (non-hydrogen) atoms. The quantitative estimate of drug-likeness (QED) is 0.770. The number of Topliss-reactive ketones (excluding diaryl/α,β-unsaturated/α-hetero) is 1. The van der Waals surface area contributed by atoms with Crippen molar-refractivity contribution in [3.8, 4) is 5.75 Å². The summed E-state index contributed by atoms with van der Waals surface area (Å²) in [6, 6.07) is 12.9. The second-order valence-electron chi connectivity index (χ2n) is 4.03. The zero-order valence-corrected chi connectivity index (χ0v) is 10.0. The highest BCUT2D eigenvalue weighted by molar-refractivity contribution is 5.97. The number of halogens is 1. The van der Waals surface area contributed by atoms with E-state index in [2.05, 4.69) is 0 Å². The number of benzene rings is 2. The maximum absolute atomic E-state index is 12.7. The van der Waals surface area contributed by atoms with Crippen molar-refractivity contribution in [2.75, 3.05) is 6.61 Å². The van der Waals surface area contributed by atoms with Crippen LogP contribution < -0.4 is 4.74 Å². The van der Waals surface area contributed by atoms with Crippen molar-refractivity contribution >= 4 is 5.78 Å². The molecule has 0 spiro atoms. The van der Waals surface area contributed by atoms with E-state index in [0.29, 0.717) is 11.3 Å². The van der Waals surface area contributed by atoms with Gasteiger partial charge in [0, 0.05) is 5.56 Å². The topological polar surface area (TPSA) is 26.3 Å². The Morgan fingerprint density at radius 3 is 2.28 bits per heavy atom. The van der Waals surface area contributed by atoms with E-state index < -0.39 is 0 Å². The molecule has 2 nitrogen and oxygen atoms in total. The van der Waals surface area contributed by atoms with Gasteiger partial charge in [-0.2, -0.15) is 0 Å². The first kappa shape index (κ1) is 12.3. The van der Waals surface area contributed by atoms with Crippen LogP contribution in [0.3, 0.4) is 0 Å². The Kier molecular flexibility index (Phi) is 3.72. The van der Waals surface area contributed by atoms with E-state index >= 15 is 0 Å². The molecule has 0 aliphatic rings. The van der Waals surface area contributed by atoms with Crippen molar-refractivity contribution in [2.45, 2.75) is 6.92 Å². The largest absolute Gasteiger partial charge is 0.485 e. The molecule has 2 aromatic carbocycles. The molecule has 0 heterocycles. The Morgan fingerprint density at radius 1 is 1.06 bits per heavy atom. The van der Waals surface area contributed by atoms with Gasteiger partial charge in [0.15, 0.2) is 12.4 Å². The third kappa shape index (κ3) is 3.17. The van der Waals surface area contributed by atoms with Crippen LogP contribution in [-0.4, -0.2) is 12.4 Å². The minimum absolute atomic E-state index is 0.0469. The summed E-state index contributed by atoms with van der Waals surface area (Å²) in [5, 5.41) is 0. The lowest BCUT2D eigenvalue weighted by molar-refractivity contribution is 0.0921. The van der Waals surface area contributed by atoms with Gasteiger partial charge >= 0.3 is 0 Å². The molecule has 0 N–H and O–H groups in total. The molecule has 0 fully saturated rings. The molecule has 0 saturated carbocycles. The van der Waals surface area contributed by atoms with Crippen LogP contribution in [-0.2, 0) is 0 Å². The van der Waals surface area contributed by atoms with Gasteiger partial charge in [-0.25, -0.2) is 4.39 Å². The van der Waals surface area contributed by atoms with Gasteiger partial charge in [0.05, 0.1) is 0 Å². The third-order valence-electron chi connectivity index (χ3n) is 2.56. The predicted molar refractivity (Wildman–Crippen MR) is 67.4 cm³/mol. The average Bonchev–Trinajstić information content (AvgIpc) is 2.38. The number of ketones is 1. The normalized spacial score (nSPS) is 10.1. The number of hydrogen-bond acceptors (Lipinski definition) is 2. The SMILES string of the molecule is Cc1ccc(C(=O)COc2ccc(F)cc2)cc1. The fraction of sp³-hybridized carbons (Fsp3) is 0.133. The van der Waals surface area contributed by atoms with Gasteiger partial charge < -0.3 is 4.74 Å². The molecule has 2 aromatic rings. The minimum Gasteiger partial charge on any atom is -0.485 e.